The number of rotatable bonds is 4. The molecule has 2 aromatic carbocycles. The van der Waals surface area contributed by atoms with Crippen molar-refractivity contribution in [2.45, 2.75) is 106 Å². The minimum Gasteiger partial charge on any atom is -0.481 e. The Morgan fingerprint density at radius 1 is 0.860 bits per heavy atom. The SMILES string of the molecule is CC(=O)O.CC1CCC2(C)C(C1)CC(C)C1C2CC(C)C2(C)C(C(C)CCC(=O)O)CCC12.c1ccc2ccccc2c1. The van der Waals surface area contributed by atoms with Crippen LogP contribution in [0.5, 0.6) is 0 Å². The fourth-order valence-corrected chi connectivity index (χ4v) is 10.8. The highest BCUT2D eigenvalue weighted by molar-refractivity contribution is 5.82. The predicted octanol–water partition coefficient (Wildman–Crippen LogP) is 10.2. The second-order valence-corrected chi connectivity index (χ2v) is 15.5. The summed E-state index contributed by atoms with van der Waals surface area (Å²) in [6.45, 7) is 16.4. The van der Waals surface area contributed by atoms with Gasteiger partial charge in [0.15, 0.2) is 0 Å². The van der Waals surface area contributed by atoms with Crippen molar-refractivity contribution in [3.05, 3.63) is 48.5 Å². The van der Waals surface area contributed by atoms with Crippen molar-refractivity contribution in [1.29, 1.82) is 0 Å². The minimum atomic E-state index is -0.833. The maximum Gasteiger partial charge on any atom is 0.303 e. The molecule has 0 aliphatic heterocycles. The second kappa shape index (κ2) is 13.7. The highest BCUT2D eigenvalue weighted by atomic mass is 16.4. The van der Waals surface area contributed by atoms with Crippen molar-refractivity contribution < 1.29 is 19.8 Å². The van der Waals surface area contributed by atoms with Gasteiger partial charge < -0.3 is 10.2 Å². The summed E-state index contributed by atoms with van der Waals surface area (Å²) < 4.78 is 0. The van der Waals surface area contributed by atoms with Gasteiger partial charge in [-0.15, -0.1) is 0 Å². The predicted molar refractivity (Wildman–Crippen MR) is 177 cm³/mol. The topological polar surface area (TPSA) is 74.6 Å². The van der Waals surface area contributed by atoms with Crippen LogP contribution in [0.3, 0.4) is 0 Å². The molecule has 0 spiro atoms. The summed E-state index contributed by atoms with van der Waals surface area (Å²) in [7, 11) is 0. The average molecular weight is 591 g/mol. The Morgan fingerprint density at radius 3 is 1.95 bits per heavy atom. The van der Waals surface area contributed by atoms with Crippen molar-refractivity contribution >= 4 is 22.7 Å². The van der Waals surface area contributed by atoms with Crippen molar-refractivity contribution in [2.75, 3.05) is 0 Å². The maximum absolute atomic E-state index is 11.2. The first-order valence-electron chi connectivity index (χ1n) is 17.1. The highest BCUT2D eigenvalue weighted by Crippen LogP contribution is 2.71. The summed E-state index contributed by atoms with van der Waals surface area (Å²) in [5.74, 6) is 6.00. The first-order chi connectivity index (χ1) is 20.3. The van der Waals surface area contributed by atoms with Crippen LogP contribution >= 0.6 is 0 Å². The quantitative estimate of drug-likeness (QED) is 0.371. The summed E-state index contributed by atoms with van der Waals surface area (Å²) in [5.41, 5.74) is 0.991. The smallest absolute Gasteiger partial charge is 0.303 e. The molecule has 0 saturated heterocycles. The lowest BCUT2D eigenvalue weighted by Gasteiger charge is -2.65. The van der Waals surface area contributed by atoms with Crippen LogP contribution in [-0.4, -0.2) is 22.2 Å². The van der Waals surface area contributed by atoms with Gasteiger partial charge in [0.1, 0.15) is 0 Å². The Morgan fingerprint density at radius 2 is 1.42 bits per heavy atom. The number of aliphatic carboxylic acids is 2. The zero-order valence-electron chi connectivity index (χ0n) is 27.9. The molecule has 4 saturated carbocycles. The molecule has 4 fully saturated rings. The molecule has 0 heterocycles. The van der Waals surface area contributed by atoms with E-state index in [-0.39, 0.29) is 0 Å². The van der Waals surface area contributed by atoms with E-state index in [0.717, 1.165) is 54.8 Å². The van der Waals surface area contributed by atoms with Crippen LogP contribution < -0.4 is 0 Å². The first-order valence-corrected chi connectivity index (χ1v) is 17.1. The summed E-state index contributed by atoms with van der Waals surface area (Å²) in [5, 5.41) is 19.2. The molecule has 4 aliphatic rings. The fourth-order valence-electron chi connectivity index (χ4n) is 10.8. The van der Waals surface area contributed by atoms with E-state index < -0.39 is 11.9 Å². The number of hydrogen-bond donors (Lipinski definition) is 2. The zero-order valence-corrected chi connectivity index (χ0v) is 27.9. The molecule has 11 atom stereocenters. The molecule has 43 heavy (non-hydrogen) atoms. The molecular weight excluding hydrogens is 532 g/mol. The second-order valence-electron chi connectivity index (χ2n) is 15.5. The van der Waals surface area contributed by atoms with Crippen LogP contribution in [0.2, 0.25) is 0 Å². The van der Waals surface area contributed by atoms with E-state index in [1.54, 1.807) is 0 Å². The molecule has 0 radical (unpaired) electrons. The van der Waals surface area contributed by atoms with Crippen molar-refractivity contribution in [1.82, 2.24) is 0 Å². The fraction of sp³-hybridized carbons (Fsp3) is 0.692. The van der Waals surface area contributed by atoms with Gasteiger partial charge >= 0.3 is 5.97 Å². The normalized spacial score (nSPS) is 38.6. The first kappa shape index (κ1) is 33.5. The van der Waals surface area contributed by atoms with Gasteiger partial charge in [-0.25, -0.2) is 0 Å². The van der Waals surface area contributed by atoms with Gasteiger partial charge in [-0.05, 0) is 120 Å². The van der Waals surface area contributed by atoms with E-state index in [1.807, 2.05) is 0 Å². The van der Waals surface area contributed by atoms with Crippen LogP contribution in [0.1, 0.15) is 106 Å². The molecular formula is C39H58O4. The van der Waals surface area contributed by atoms with Gasteiger partial charge in [0.25, 0.3) is 5.97 Å². The largest absolute Gasteiger partial charge is 0.481 e. The molecule has 0 aromatic heterocycles. The third-order valence-electron chi connectivity index (χ3n) is 13.1. The summed E-state index contributed by atoms with van der Waals surface area (Å²) >= 11 is 0. The highest BCUT2D eigenvalue weighted by Gasteiger charge is 2.64. The molecule has 4 nitrogen and oxygen atoms in total. The number of benzene rings is 2. The number of fused-ring (bicyclic) bond motifs is 6. The third-order valence-corrected chi connectivity index (χ3v) is 13.1. The molecule has 6 rings (SSSR count). The number of carboxylic acids is 2. The maximum atomic E-state index is 11.2. The Labute approximate surface area is 261 Å². The summed E-state index contributed by atoms with van der Waals surface area (Å²) in [6, 6.07) is 16.7. The van der Waals surface area contributed by atoms with Gasteiger partial charge in [-0.2, -0.15) is 0 Å². The average Bonchev–Trinajstić information content (AvgIpc) is 3.32. The molecule has 11 unspecified atom stereocenters. The van der Waals surface area contributed by atoms with Crippen LogP contribution in [-0.2, 0) is 9.59 Å². The lowest BCUT2D eigenvalue weighted by Crippen LogP contribution is -2.58. The summed E-state index contributed by atoms with van der Waals surface area (Å²) in [6.07, 6.45) is 11.2. The molecule has 2 aromatic rings. The molecule has 4 heteroatoms. The number of hydrogen-bond acceptors (Lipinski definition) is 2. The van der Waals surface area contributed by atoms with Gasteiger partial charge in [0, 0.05) is 13.3 Å². The standard InChI is InChI=1S/C27H46O2.C10H8.C2H4O2/c1-16-11-12-26(5)20(13-16)14-18(3)25-22-9-8-21(17(2)7-10-24(28)29)27(22,6)19(4)15-23(25)26;1-2-6-10-8-4-3-7-9(10)5-1;1-2(3)4/h16-23,25H,7-15H2,1-6H3,(H,28,29);1-8H;1H3,(H,3,4). The molecule has 0 bridgehead atoms. The van der Waals surface area contributed by atoms with E-state index in [1.165, 1.54) is 55.7 Å². The third kappa shape index (κ3) is 6.99. The molecule has 238 valence electrons. The monoisotopic (exact) mass is 590 g/mol. The Bertz CT molecular complexity index is 1170. The Hall–Kier alpha value is -2.36. The number of carboxylic acid groups (broad SMARTS) is 2. The summed E-state index contributed by atoms with van der Waals surface area (Å²) in [4.78, 5) is 20.2. The van der Waals surface area contributed by atoms with E-state index in [4.69, 9.17) is 9.90 Å². The van der Waals surface area contributed by atoms with Crippen molar-refractivity contribution in [3.63, 3.8) is 0 Å². The van der Waals surface area contributed by atoms with Crippen LogP contribution in [0, 0.1) is 64.1 Å². The van der Waals surface area contributed by atoms with E-state index in [0.29, 0.717) is 29.1 Å². The molecule has 4 aliphatic carbocycles. The van der Waals surface area contributed by atoms with Crippen molar-refractivity contribution in [3.8, 4) is 0 Å². The van der Waals surface area contributed by atoms with Crippen LogP contribution in [0.4, 0.5) is 0 Å². The van der Waals surface area contributed by atoms with Crippen molar-refractivity contribution in [2.24, 2.45) is 64.1 Å². The van der Waals surface area contributed by atoms with E-state index >= 15 is 0 Å². The van der Waals surface area contributed by atoms with Gasteiger partial charge in [-0.3, -0.25) is 9.59 Å². The van der Waals surface area contributed by atoms with Gasteiger partial charge in [-0.1, -0.05) is 96.5 Å². The van der Waals surface area contributed by atoms with Crippen LogP contribution in [0.25, 0.3) is 10.8 Å². The van der Waals surface area contributed by atoms with Gasteiger partial charge in [0.2, 0.25) is 0 Å². The van der Waals surface area contributed by atoms with E-state index in [2.05, 4.69) is 90.1 Å². The molecule has 2 N–H and O–H groups in total. The lowest BCUT2D eigenvalue weighted by atomic mass is 9.40. The zero-order chi connectivity index (χ0) is 31.5. The lowest BCUT2D eigenvalue weighted by molar-refractivity contribution is -0.163. The molecule has 0 amide bonds. The Kier molecular flexibility index (Phi) is 10.7. The number of carbonyl (C=O) groups is 2. The Balaban J connectivity index is 0.000000248. The van der Waals surface area contributed by atoms with E-state index in [9.17, 15) is 9.90 Å². The van der Waals surface area contributed by atoms with Crippen LogP contribution in [0.15, 0.2) is 48.5 Å². The van der Waals surface area contributed by atoms with Gasteiger partial charge in [0.05, 0.1) is 0 Å². The minimum absolute atomic E-state index is 0.340.